The Morgan fingerprint density at radius 3 is 2.46 bits per heavy atom. The lowest BCUT2D eigenvalue weighted by Gasteiger charge is -2.38. The lowest BCUT2D eigenvalue weighted by Crippen LogP contribution is -2.53. The van der Waals surface area contributed by atoms with Crippen molar-refractivity contribution < 1.29 is 4.74 Å². The van der Waals surface area contributed by atoms with E-state index in [0.29, 0.717) is 21.5 Å². The summed E-state index contributed by atoms with van der Waals surface area (Å²) in [5.74, 6) is 0.589. The molecule has 2 N–H and O–H groups in total. The molecule has 2 aromatic rings. The summed E-state index contributed by atoms with van der Waals surface area (Å²) in [5, 5.41) is 1.63. The van der Waals surface area contributed by atoms with Crippen molar-refractivity contribution >= 4 is 46.6 Å². The van der Waals surface area contributed by atoms with Crippen LogP contribution in [0, 0.1) is 0 Å². The molecule has 0 spiro atoms. The molecule has 3 nitrogen and oxygen atoms in total. The fraction of sp³-hybridized carbons (Fsp3) is 0.222. The monoisotopic (exact) mass is 382 g/mol. The minimum absolute atomic E-state index is 0.119. The van der Waals surface area contributed by atoms with E-state index in [4.69, 9.17) is 45.3 Å². The molecule has 0 bridgehead atoms. The first-order valence-corrected chi connectivity index (χ1v) is 8.70. The van der Waals surface area contributed by atoms with Crippen LogP contribution in [0.15, 0.2) is 42.5 Å². The number of anilines is 1. The van der Waals surface area contributed by atoms with E-state index in [1.165, 1.54) is 0 Å². The predicted octanol–water partition coefficient (Wildman–Crippen LogP) is 5.01. The van der Waals surface area contributed by atoms with Gasteiger partial charge in [0.25, 0.3) is 0 Å². The van der Waals surface area contributed by atoms with E-state index in [1.807, 2.05) is 24.3 Å². The molecule has 0 saturated carbocycles. The van der Waals surface area contributed by atoms with E-state index in [-0.39, 0.29) is 6.10 Å². The van der Waals surface area contributed by atoms with Gasteiger partial charge in [-0.05, 0) is 23.8 Å². The van der Waals surface area contributed by atoms with Crippen LogP contribution in [0.5, 0.6) is 5.75 Å². The van der Waals surface area contributed by atoms with Crippen molar-refractivity contribution in [1.82, 2.24) is 4.90 Å². The Balaban J connectivity index is 1.46. The summed E-state index contributed by atoms with van der Waals surface area (Å²) in [6.45, 7) is 2.58. The maximum absolute atomic E-state index is 6.00. The average molecular weight is 384 g/mol. The molecule has 0 unspecified atom stereocenters. The van der Waals surface area contributed by atoms with Crippen LogP contribution in [0.2, 0.25) is 15.1 Å². The van der Waals surface area contributed by atoms with E-state index >= 15 is 0 Å². The Hall–Kier alpha value is -1.39. The molecule has 1 heterocycles. The highest BCUT2D eigenvalue weighted by molar-refractivity contribution is 6.42. The summed E-state index contributed by atoms with van der Waals surface area (Å²) in [6, 6.07) is 11.0. The number of ether oxygens (including phenoxy) is 1. The van der Waals surface area contributed by atoms with Gasteiger partial charge in [0.05, 0.1) is 15.7 Å². The predicted molar refractivity (Wildman–Crippen MR) is 102 cm³/mol. The van der Waals surface area contributed by atoms with Gasteiger partial charge in [-0.2, -0.15) is 0 Å². The average Bonchev–Trinajstić information content (AvgIpc) is 2.51. The van der Waals surface area contributed by atoms with E-state index in [9.17, 15) is 0 Å². The molecule has 3 rings (SSSR count). The number of nitrogens with zero attached hydrogens (tertiary/aromatic N) is 1. The molecule has 6 heteroatoms. The number of hydrogen-bond donors (Lipinski definition) is 1. The number of rotatable bonds is 5. The Bertz CT molecular complexity index is 741. The van der Waals surface area contributed by atoms with Crippen LogP contribution >= 0.6 is 34.8 Å². The van der Waals surface area contributed by atoms with Gasteiger partial charge in [0.1, 0.15) is 11.9 Å². The van der Waals surface area contributed by atoms with Gasteiger partial charge in [0, 0.05) is 30.7 Å². The van der Waals surface area contributed by atoms with Crippen molar-refractivity contribution in [3.05, 3.63) is 63.1 Å². The van der Waals surface area contributed by atoms with Crippen LogP contribution in [0.4, 0.5) is 5.69 Å². The molecule has 0 atom stereocenters. The largest absolute Gasteiger partial charge is 0.486 e. The molecule has 24 heavy (non-hydrogen) atoms. The number of benzene rings is 2. The van der Waals surface area contributed by atoms with Gasteiger partial charge in [-0.15, -0.1) is 0 Å². The summed E-state index contributed by atoms with van der Waals surface area (Å²) in [6.07, 6.45) is 4.34. The van der Waals surface area contributed by atoms with Crippen molar-refractivity contribution in [2.45, 2.75) is 6.10 Å². The third-order valence-electron chi connectivity index (χ3n) is 3.81. The topological polar surface area (TPSA) is 38.5 Å². The van der Waals surface area contributed by atoms with Crippen LogP contribution in [0.1, 0.15) is 5.56 Å². The van der Waals surface area contributed by atoms with E-state index < -0.39 is 0 Å². The number of halogens is 3. The summed E-state index contributed by atoms with van der Waals surface area (Å²) < 4.78 is 5.88. The van der Waals surface area contributed by atoms with Gasteiger partial charge in [-0.1, -0.05) is 59.1 Å². The number of likely N-dealkylation sites (tertiary alicyclic amines) is 1. The van der Waals surface area contributed by atoms with Crippen LogP contribution < -0.4 is 10.5 Å². The maximum atomic E-state index is 6.00. The lowest BCUT2D eigenvalue weighted by atomic mass is 10.1. The number of nitrogens with two attached hydrogens (primary N) is 1. The minimum atomic E-state index is 0.119. The molecule has 1 saturated heterocycles. The highest BCUT2D eigenvalue weighted by Crippen LogP contribution is 2.33. The Kier molecular flexibility index (Phi) is 5.57. The molecule has 2 aromatic carbocycles. The molecule has 1 aliphatic rings. The molecule has 0 aromatic heterocycles. The third-order valence-corrected chi connectivity index (χ3v) is 4.79. The van der Waals surface area contributed by atoms with Gasteiger partial charge in [-0.25, -0.2) is 0 Å². The first-order valence-electron chi connectivity index (χ1n) is 7.57. The summed E-state index contributed by atoms with van der Waals surface area (Å²) >= 11 is 17.8. The molecular weight excluding hydrogens is 367 g/mol. The fourth-order valence-corrected chi connectivity index (χ4v) is 2.94. The first kappa shape index (κ1) is 17.4. The standard InChI is InChI=1S/C18H17Cl3N2O/c19-13-5-3-12(4-6-13)2-1-7-23-10-14(11-23)24-18-9-16(21)15(20)8-17(18)22/h1-6,8-9,14H,7,10-11,22H2/b2-1+. The zero-order chi connectivity index (χ0) is 17.1. The Morgan fingerprint density at radius 2 is 1.75 bits per heavy atom. The van der Waals surface area contributed by atoms with Crippen molar-refractivity contribution in [3.8, 4) is 5.75 Å². The van der Waals surface area contributed by atoms with E-state index in [2.05, 4.69) is 17.1 Å². The first-order chi connectivity index (χ1) is 11.5. The van der Waals surface area contributed by atoms with Gasteiger partial charge in [-0.3, -0.25) is 4.90 Å². The second-order valence-corrected chi connectivity index (χ2v) is 6.97. The highest BCUT2D eigenvalue weighted by atomic mass is 35.5. The Morgan fingerprint density at radius 1 is 1.08 bits per heavy atom. The molecule has 0 radical (unpaired) electrons. The van der Waals surface area contributed by atoms with E-state index in [1.54, 1.807) is 12.1 Å². The van der Waals surface area contributed by atoms with Gasteiger partial charge in [0.2, 0.25) is 0 Å². The van der Waals surface area contributed by atoms with Crippen molar-refractivity contribution in [3.63, 3.8) is 0 Å². The highest BCUT2D eigenvalue weighted by Gasteiger charge is 2.28. The number of nitrogen functional groups attached to an aromatic ring is 1. The molecular formula is C18H17Cl3N2O. The number of hydrogen-bond acceptors (Lipinski definition) is 3. The summed E-state index contributed by atoms with van der Waals surface area (Å²) in [5.41, 5.74) is 7.55. The van der Waals surface area contributed by atoms with Crippen molar-refractivity contribution in [2.75, 3.05) is 25.4 Å². The molecule has 126 valence electrons. The van der Waals surface area contributed by atoms with Crippen LogP contribution in [-0.2, 0) is 0 Å². The van der Waals surface area contributed by atoms with Crippen LogP contribution in [-0.4, -0.2) is 30.6 Å². The molecule has 1 aliphatic heterocycles. The van der Waals surface area contributed by atoms with Crippen LogP contribution in [0.3, 0.4) is 0 Å². The fourth-order valence-electron chi connectivity index (χ4n) is 2.48. The smallest absolute Gasteiger partial charge is 0.144 e. The quantitative estimate of drug-likeness (QED) is 0.738. The van der Waals surface area contributed by atoms with Gasteiger partial charge < -0.3 is 10.5 Å². The lowest BCUT2D eigenvalue weighted by molar-refractivity contribution is 0.0288. The summed E-state index contributed by atoms with van der Waals surface area (Å²) in [7, 11) is 0. The van der Waals surface area contributed by atoms with Crippen LogP contribution in [0.25, 0.3) is 6.08 Å². The second-order valence-electron chi connectivity index (χ2n) is 5.72. The van der Waals surface area contributed by atoms with E-state index in [0.717, 1.165) is 30.2 Å². The molecule has 1 fully saturated rings. The normalized spacial score (nSPS) is 15.6. The minimum Gasteiger partial charge on any atom is -0.486 e. The Labute approximate surface area is 156 Å². The maximum Gasteiger partial charge on any atom is 0.144 e. The van der Waals surface area contributed by atoms with Crippen molar-refractivity contribution in [1.29, 1.82) is 0 Å². The van der Waals surface area contributed by atoms with Crippen molar-refractivity contribution in [2.24, 2.45) is 0 Å². The van der Waals surface area contributed by atoms with Gasteiger partial charge >= 0.3 is 0 Å². The molecule has 0 amide bonds. The molecule has 0 aliphatic carbocycles. The third kappa shape index (κ3) is 4.37. The zero-order valence-corrected chi connectivity index (χ0v) is 15.2. The van der Waals surface area contributed by atoms with Gasteiger partial charge in [0.15, 0.2) is 0 Å². The SMILES string of the molecule is Nc1cc(Cl)c(Cl)cc1OC1CN(C/C=C/c2ccc(Cl)cc2)C1. The zero-order valence-electron chi connectivity index (χ0n) is 12.9. The second kappa shape index (κ2) is 7.66. The summed E-state index contributed by atoms with van der Waals surface area (Å²) in [4.78, 5) is 2.28.